The molecule has 2 fully saturated rings. The molecule has 0 saturated carbocycles. The molecule has 0 radical (unpaired) electrons. The Hall–Kier alpha value is -2.83. The van der Waals surface area contributed by atoms with Gasteiger partial charge in [-0.3, -0.25) is 14.3 Å². The summed E-state index contributed by atoms with van der Waals surface area (Å²) in [4.78, 5) is 29.4. The Kier molecular flexibility index (Phi) is 6.35. The third-order valence-corrected chi connectivity index (χ3v) is 5.98. The maximum Gasteiger partial charge on any atom is 0.274 e. The van der Waals surface area contributed by atoms with Gasteiger partial charge in [0.05, 0.1) is 12.2 Å². The quantitative estimate of drug-likeness (QED) is 0.734. The van der Waals surface area contributed by atoms with Crippen LogP contribution in [0.3, 0.4) is 0 Å². The lowest BCUT2D eigenvalue weighted by Gasteiger charge is -2.32. The number of ether oxygens (including phenoxy) is 1. The second-order valence-corrected chi connectivity index (χ2v) is 8.12. The molecule has 4 rings (SSSR count). The number of para-hydroxylation sites is 1. The van der Waals surface area contributed by atoms with Crippen LogP contribution in [0.5, 0.6) is 5.75 Å². The topological polar surface area (TPSA) is 67.7 Å². The van der Waals surface area contributed by atoms with E-state index in [4.69, 9.17) is 4.74 Å². The van der Waals surface area contributed by atoms with Gasteiger partial charge >= 0.3 is 0 Å². The number of aryl methyl sites for hydroxylation is 1. The number of benzene rings is 1. The number of nitrogens with zero attached hydrogens (tertiary/aromatic N) is 4. The lowest BCUT2D eigenvalue weighted by atomic mass is 9.98. The Bertz CT molecular complexity index is 888. The highest BCUT2D eigenvalue weighted by molar-refractivity contribution is 5.97. The van der Waals surface area contributed by atoms with Crippen molar-refractivity contribution in [2.24, 2.45) is 5.92 Å². The largest absolute Gasteiger partial charge is 0.492 e. The maximum atomic E-state index is 12.8. The number of likely N-dealkylation sites (tertiary alicyclic amines) is 2. The molecule has 1 unspecified atom stereocenters. The Morgan fingerprint density at radius 2 is 1.80 bits per heavy atom. The van der Waals surface area contributed by atoms with Gasteiger partial charge in [0.2, 0.25) is 0 Å². The number of rotatable bonds is 6. The zero-order chi connectivity index (χ0) is 20.9. The Morgan fingerprint density at radius 1 is 1.03 bits per heavy atom. The monoisotopic (exact) mass is 410 g/mol. The van der Waals surface area contributed by atoms with Crippen molar-refractivity contribution >= 4 is 11.8 Å². The molecule has 2 amide bonds. The van der Waals surface area contributed by atoms with Crippen LogP contribution < -0.4 is 4.74 Å². The molecule has 2 aromatic rings. The smallest absolute Gasteiger partial charge is 0.274 e. The summed E-state index contributed by atoms with van der Waals surface area (Å²) in [6.07, 6.45) is 5.93. The van der Waals surface area contributed by atoms with Crippen LogP contribution in [0, 0.1) is 5.92 Å². The Morgan fingerprint density at radius 3 is 2.57 bits per heavy atom. The number of carbonyl (C=O) groups is 2. The summed E-state index contributed by atoms with van der Waals surface area (Å²) in [5.41, 5.74) is 1.13. The molecule has 3 heterocycles. The van der Waals surface area contributed by atoms with Gasteiger partial charge in [0, 0.05) is 44.8 Å². The summed E-state index contributed by atoms with van der Waals surface area (Å²) in [6.45, 7) is 6.29. The van der Waals surface area contributed by atoms with Crippen molar-refractivity contribution in [1.29, 1.82) is 0 Å². The van der Waals surface area contributed by atoms with E-state index >= 15 is 0 Å². The zero-order valence-electron chi connectivity index (χ0n) is 17.6. The summed E-state index contributed by atoms with van der Waals surface area (Å²) in [7, 11) is 0. The molecule has 0 bridgehead atoms. The summed E-state index contributed by atoms with van der Waals surface area (Å²) >= 11 is 0. The van der Waals surface area contributed by atoms with Gasteiger partial charge in [-0.2, -0.15) is 5.10 Å². The molecule has 160 valence electrons. The van der Waals surface area contributed by atoms with E-state index in [0.29, 0.717) is 30.2 Å². The third kappa shape index (κ3) is 4.50. The zero-order valence-corrected chi connectivity index (χ0v) is 17.6. The molecule has 30 heavy (non-hydrogen) atoms. The molecule has 0 spiro atoms. The molecule has 1 aromatic heterocycles. The van der Waals surface area contributed by atoms with Gasteiger partial charge in [-0.15, -0.1) is 0 Å². The van der Waals surface area contributed by atoms with Crippen molar-refractivity contribution in [3.63, 3.8) is 0 Å². The van der Waals surface area contributed by atoms with E-state index in [1.54, 1.807) is 10.7 Å². The number of amides is 2. The van der Waals surface area contributed by atoms with Crippen LogP contribution in [0.1, 0.15) is 53.5 Å². The second-order valence-electron chi connectivity index (χ2n) is 8.12. The fraction of sp³-hybridized carbons (Fsp3) is 0.522. The van der Waals surface area contributed by atoms with Gasteiger partial charge in [-0.25, -0.2) is 0 Å². The van der Waals surface area contributed by atoms with Crippen molar-refractivity contribution in [3.8, 4) is 5.75 Å². The van der Waals surface area contributed by atoms with Crippen LogP contribution in [0.4, 0.5) is 0 Å². The van der Waals surface area contributed by atoms with Gasteiger partial charge in [-0.05, 0) is 50.8 Å². The third-order valence-electron chi connectivity index (χ3n) is 5.98. The van der Waals surface area contributed by atoms with Crippen molar-refractivity contribution in [2.75, 3.05) is 32.8 Å². The number of carbonyl (C=O) groups excluding carboxylic acids is 2. The van der Waals surface area contributed by atoms with Gasteiger partial charge < -0.3 is 14.5 Å². The number of hydrogen-bond acceptors (Lipinski definition) is 4. The molecule has 2 aliphatic heterocycles. The number of aromatic nitrogens is 2. The van der Waals surface area contributed by atoms with Crippen molar-refractivity contribution in [1.82, 2.24) is 19.6 Å². The van der Waals surface area contributed by atoms with Crippen molar-refractivity contribution < 1.29 is 14.3 Å². The van der Waals surface area contributed by atoms with Crippen LogP contribution in [-0.2, 0) is 6.54 Å². The molecule has 1 atom stereocenters. The minimum atomic E-state index is -0.0171. The first-order chi connectivity index (χ1) is 14.7. The van der Waals surface area contributed by atoms with Crippen LogP contribution in [0.2, 0.25) is 0 Å². The Balaban J connectivity index is 1.37. The van der Waals surface area contributed by atoms with Crippen LogP contribution >= 0.6 is 0 Å². The van der Waals surface area contributed by atoms with Crippen LogP contribution in [0.15, 0.2) is 36.5 Å². The van der Waals surface area contributed by atoms with Gasteiger partial charge in [0.15, 0.2) is 0 Å². The van der Waals surface area contributed by atoms with E-state index in [2.05, 4.69) is 5.10 Å². The number of piperidine rings is 1. The summed E-state index contributed by atoms with van der Waals surface area (Å²) in [5, 5.41) is 4.34. The molecule has 0 N–H and O–H groups in total. The van der Waals surface area contributed by atoms with Crippen LogP contribution in [0.25, 0.3) is 0 Å². The number of hydrogen-bond donors (Lipinski definition) is 0. The second kappa shape index (κ2) is 9.32. The van der Waals surface area contributed by atoms with E-state index in [9.17, 15) is 9.59 Å². The summed E-state index contributed by atoms with van der Waals surface area (Å²) < 4.78 is 7.88. The SMILES string of the molecule is CCn1ccc(C(=O)N2CCCC(COc3ccccc3C(=O)N3CCCC3)C2)n1. The maximum absolute atomic E-state index is 12.8. The molecule has 2 aliphatic rings. The summed E-state index contributed by atoms with van der Waals surface area (Å²) in [6, 6.07) is 9.28. The standard InChI is InChI=1S/C23H30N4O3/c1-2-27-15-11-20(24-27)23(29)26-14-7-8-18(16-26)17-30-21-10-4-3-9-19(21)22(28)25-12-5-6-13-25/h3-4,9-11,15,18H,2,5-8,12-14,16-17H2,1H3. The first kappa shape index (κ1) is 20.4. The van der Waals surface area contributed by atoms with Crippen molar-refractivity contribution in [2.45, 2.75) is 39.2 Å². The average molecular weight is 411 g/mol. The lowest BCUT2D eigenvalue weighted by molar-refractivity contribution is 0.0625. The van der Waals surface area contributed by atoms with E-state index < -0.39 is 0 Å². The first-order valence-corrected chi connectivity index (χ1v) is 11.0. The fourth-order valence-electron chi connectivity index (χ4n) is 4.27. The highest BCUT2D eigenvalue weighted by atomic mass is 16.5. The van der Waals surface area contributed by atoms with Gasteiger partial charge in [0.1, 0.15) is 11.4 Å². The predicted octanol–water partition coefficient (Wildman–Crippen LogP) is 3.07. The lowest BCUT2D eigenvalue weighted by Crippen LogP contribution is -2.41. The van der Waals surface area contributed by atoms with E-state index in [1.807, 2.05) is 47.2 Å². The van der Waals surface area contributed by atoms with E-state index in [-0.39, 0.29) is 17.7 Å². The fourth-order valence-corrected chi connectivity index (χ4v) is 4.27. The molecule has 2 saturated heterocycles. The van der Waals surface area contributed by atoms with Crippen LogP contribution in [-0.4, -0.2) is 64.2 Å². The molecular formula is C23H30N4O3. The molecular weight excluding hydrogens is 380 g/mol. The van der Waals surface area contributed by atoms with Gasteiger partial charge in [-0.1, -0.05) is 12.1 Å². The average Bonchev–Trinajstić information content (AvgIpc) is 3.49. The van der Waals surface area contributed by atoms with Crippen molar-refractivity contribution in [3.05, 3.63) is 47.8 Å². The normalized spacial score (nSPS) is 19.2. The predicted molar refractivity (Wildman–Crippen MR) is 114 cm³/mol. The highest BCUT2D eigenvalue weighted by Crippen LogP contribution is 2.25. The summed E-state index contributed by atoms with van der Waals surface area (Å²) in [5.74, 6) is 0.914. The highest BCUT2D eigenvalue weighted by Gasteiger charge is 2.27. The molecule has 0 aliphatic carbocycles. The first-order valence-electron chi connectivity index (χ1n) is 11.0. The molecule has 7 heteroatoms. The van der Waals surface area contributed by atoms with E-state index in [1.165, 1.54) is 0 Å². The molecule has 7 nitrogen and oxygen atoms in total. The Labute approximate surface area is 177 Å². The minimum Gasteiger partial charge on any atom is -0.492 e. The minimum absolute atomic E-state index is 0.0171. The molecule has 1 aromatic carbocycles. The van der Waals surface area contributed by atoms with Gasteiger partial charge in [0.25, 0.3) is 11.8 Å². The van der Waals surface area contributed by atoms with E-state index in [0.717, 1.165) is 51.9 Å².